The Morgan fingerprint density at radius 2 is 1.97 bits per heavy atom. The molecule has 0 aliphatic carbocycles. The Morgan fingerprint density at radius 1 is 1.23 bits per heavy atom. The van der Waals surface area contributed by atoms with Crippen LogP contribution in [0.4, 0.5) is 0 Å². The highest BCUT2D eigenvalue weighted by Crippen LogP contribution is 2.39. The van der Waals surface area contributed by atoms with Crippen molar-refractivity contribution in [2.45, 2.75) is 27.4 Å². The standard InChI is InChI=1S/C22H21BrN2O4S/c1-4-28-18-10-16(11-19-21(27)25-22(30-19)24-14(3)26)9-17(23)20(18)29-12-15-7-5-13(2)6-8-15/h5-11H,4,12H2,1-3H3,(H,24,25,26,27)/b19-11-. The zero-order chi connectivity index (χ0) is 21.7. The van der Waals surface area contributed by atoms with Crippen molar-refractivity contribution < 1.29 is 19.1 Å². The Bertz CT molecular complexity index is 1030. The van der Waals surface area contributed by atoms with Crippen LogP contribution in [-0.2, 0) is 16.2 Å². The number of nitrogens with zero attached hydrogens (tertiary/aromatic N) is 1. The van der Waals surface area contributed by atoms with E-state index in [4.69, 9.17) is 9.47 Å². The van der Waals surface area contributed by atoms with Crippen LogP contribution < -0.4 is 14.8 Å². The molecule has 8 heteroatoms. The normalized spacial score (nSPS) is 14.6. The topological polar surface area (TPSA) is 77.0 Å². The van der Waals surface area contributed by atoms with E-state index in [1.165, 1.54) is 12.5 Å². The Kier molecular flexibility index (Phi) is 7.33. The Morgan fingerprint density at radius 3 is 2.63 bits per heavy atom. The van der Waals surface area contributed by atoms with Crippen molar-refractivity contribution in [1.29, 1.82) is 0 Å². The van der Waals surface area contributed by atoms with Crippen LogP contribution in [0.1, 0.15) is 30.5 Å². The van der Waals surface area contributed by atoms with E-state index in [2.05, 4.69) is 26.2 Å². The second-order valence-corrected chi connectivity index (χ2v) is 8.44. The number of amidine groups is 1. The van der Waals surface area contributed by atoms with Crippen LogP contribution in [0.25, 0.3) is 6.08 Å². The summed E-state index contributed by atoms with van der Waals surface area (Å²) in [4.78, 5) is 27.6. The van der Waals surface area contributed by atoms with E-state index in [0.29, 0.717) is 34.1 Å². The summed E-state index contributed by atoms with van der Waals surface area (Å²) in [5.74, 6) is 0.508. The first-order valence-corrected chi connectivity index (χ1v) is 10.9. The van der Waals surface area contributed by atoms with E-state index >= 15 is 0 Å². The van der Waals surface area contributed by atoms with Crippen LogP contribution in [0.5, 0.6) is 11.5 Å². The first-order valence-electron chi connectivity index (χ1n) is 9.30. The minimum Gasteiger partial charge on any atom is -0.490 e. The van der Waals surface area contributed by atoms with Crippen molar-refractivity contribution in [2.24, 2.45) is 4.99 Å². The number of halogens is 1. The summed E-state index contributed by atoms with van der Waals surface area (Å²) < 4.78 is 12.5. The van der Waals surface area contributed by atoms with Crippen LogP contribution in [0, 0.1) is 6.92 Å². The van der Waals surface area contributed by atoms with Crippen molar-refractivity contribution in [3.63, 3.8) is 0 Å². The molecule has 0 aromatic heterocycles. The van der Waals surface area contributed by atoms with Crippen LogP contribution in [0.15, 0.2) is 50.8 Å². The van der Waals surface area contributed by atoms with Gasteiger partial charge in [-0.1, -0.05) is 29.8 Å². The zero-order valence-electron chi connectivity index (χ0n) is 16.8. The fraction of sp³-hybridized carbons (Fsp3) is 0.227. The van der Waals surface area contributed by atoms with Gasteiger partial charge in [-0.3, -0.25) is 9.59 Å². The minimum atomic E-state index is -0.391. The first kappa shape index (κ1) is 22.1. The molecular weight excluding hydrogens is 468 g/mol. The summed E-state index contributed by atoms with van der Waals surface area (Å²) in [7, 11) is 0. The van der Waals surface area contributed by atoms with Gasteiger partial charge in [0.25, 0.3) is 5.91 Å². The summed E-state index contributed by atoms with van der Waals surface area (Å²) in [6.45, 7) is 6.18. The van der Waals surface area contributed by atoms with Gasteiger partial charge in [-0.05, 0) is 70.9 Å². The molecular formula is C22H21BrN2O4S. The molecule has 1 heterocycles. The van der Waals surface area contributed by atoms with E-state index in [0.717, 1.165) is 22.9 Å². The Hall–Kier alpha value is -2.58. The zero-order valence-corrected chi connectivity index (χ0v) is 19.2. The quantitative estimate of drug-likeness (QED) is 0.588. The number of carbonyl (C=O) groups is 2. The number of aliphatic imine (C=N–C) groups is 1. The van der Waals surface area contributed by atoms with Crippen molar-refractivity contribution in [1.82, 2.24) is 5.32 Å². The molecule has 2 amide bonds. The molecule has 3 rings (SSSR count). The third-order valence-corrected chi connectivity index (χ3v) is 5.52. The molecule has 0 bridgehead atoms. The van der Waals surface area contributed by atoms with Crippen molar-refractivity contribution in [2.75, 3.05) is 6.61 Å². The molecule has 1 N–H and O–H groups in total. The van der Waals surface area contributed by atoms with Gasteiger partial charge < -0.3 is 14.8 Å². The second kappa shape index (κ2) is 9.95. The maximum atomic E-state index is 12.1. The number of aryl methyl sites for hydroxylation is 1. The van der Waals surface area contributed by atoms with Gasteiger partial charge >= 0.3 is 0 Å². The first-order chi connectivity index (χ1) is 14.4. The van der Waals surface area contributed by atoms with Crippen LogP contribution >= 0.6 is 27.7 Å². The maximum absolute atomic E-state index is 12.1. The predicted molar refractivity (Wildman–Crippen MR) is 123 cm³/mol. The highest BCUT2D eigenvalue weighted by atomic mass is 79.9. The second-order valence-electron chi connectivity index (χ2n) is 6.55. The lowest BCUT2D eigenvalue weighted by Crippen LogP contribution is -2.23. The summed E-state index contributed by atoms with van der Waals surface area (Å²) >= 11 is 4.67. The third-order valence-electron chi connectivity index (χ3n) is 4.04. The largest absolute Gasteiger partial charge is 0.490 e. The van der Waals surface area contributed by atoms with Gasteiger partial charge in [-0.25, -0.2) is 0 Å². The Balaban J connectivity index is 1.81. The molecule has 1 aliphatic heterocycles. The lowest BCUT2D eigenvalue weighted by Gasteiger charge is -2.15. The number of hydrogen-bond donors (Lipinski definition) is 1. The molecule has 1 aliphatic rings. The van der Waals surface area contributed by atoms with Crippen LogP contribution in [-0.4, -0.2) is 23.6 Å². The fourth-order valence-electron chi connectivity index (χ4n) is 2.68. The average Bonchev–Trinajstić information content (AvgIpc) is 3.01. The van der Waals surface area contributed by atoms with Gasteiger partial charge in [0.2, 0.25) is 5.91 Å². The van der Waals surface area contributed by atoms with E-state index in [-0.39, 0.29) is 11.1 Å². The molecule has 156 valence electrons. The highest BCUT2D eigenvalue weighted by Gasteiger charge is 2.23. The number of ether oxygens (including phenoxy) is 2. The lowest BCUT2D eigenvalue weighted by molar-refractivity contribution is -0.117. The highest BCUT2D eigenvalue weighted by molar-refractivity contribution is 9.10. The van der Waals surface area contributed by atoms with Gasteiger partial charge in [0.15, 0.2) is 16.7 Å². The van der Waals surface area contributed by atoms with Gasteiger partial charge in [-0.15, -0.1) is 0 Å². The van der Waals surface area contributed by atoms with Crippen molar-refractivity contribution in [3.8, 4) is 11.5 Å². The average molecular weight is 489 g/mol. The summed E-state index contributed by atoms with van der Waals surface area (Å²) in [5, 5.41) is 2.81. The Labute approximate surface area is 187 Å². The lowest BCUT2D eigenvalue weighted by atomic mass is 10.1. The van der Waals surface area contributed by atoms with Gasteiger partial charge in [0.05, 0.1) is 16.0 Å². The SMILES string of the molecule is CCOc1cc(/C=C2\SC(NC(C)=O)=NC2=O)cc(Br)c1OCc1ccc(C)cc1. The van der Waals surface area contributed by atoms with Crippen LogP contribution in [0.3, 0.4) is 0 Å². The van der Waals surface area contributed by atoms with Crippen LogP contribution in [0.2, 0.25) is 0 Å². The summed E-state index contributed by atoms with van der Waals surface area (Å²) in [5.41, 5.74) is 3.00. The molecule has 6 nitrogen and oxygen atoms in total. The maximum Gasteiger partial charge on any atom is 0.286 e. The predicted octanol–water partition coefficient (Wildman–Crippen LogP) is 4.84. The third kappa shape index (κ3) is 5.73. The number of nitrogens with one attached hydrogen (secondary N) is 1. The summed E-state index contributed by atoms with van der Waals surface area (Å²) in [6, 6.07) is 11.8. The van der Waals surface area contributed by atoms with Crippen molar-refractivity contribution >= 4 is 50.7 Å². The van der Waals surface area contributed by atoms with Gasteiger partial charge in [0, 0.05) is 6.92 Å². The number of hydrogen-bond acceptors (Lipinski definition) is 5. The molecule has 30 heavy (non-hydrogen) atoms. The molecule has 0 saturated heterocycles. The van der Waals surface area contributed by atoms with E-state index < -0.39 is 5.91 Å². The summed E-state index contributed by atoms with van der Waals surface area (Å²) in [6.07, 6.45) is 1.71. The fourth-order valence-corrected chi connectivity index (χ4v) is 4.11. The van der Waals surface area contributed by atoms with Gasteiger partial charge in [-0.2, -0.15) is 4.99 Å². The molecule has 0 radical (unpaired) electrons. The number of thioether (sulfide) groups is 1. The molecule has 0 unspecified atom stereocenters. The number of carbonyl (C=O) groups excluding carboxylic acids is 2. The molecule has 0 fully saturated rings. The van der Waals surface area contributed by atoms with E-state index in [9.17, 15) is 9.59 Å². The van der Waals surface area contributed by atoms with Crippen molar-refractivity contribution in [3.05, 3.63) is 62.5 Å². The monoisotopic (exact) mass is 488 g/mol. The van der Waals surface area contributed by atoms with E-state index in [1.807, 2.05) is 50.2 Å². The van der Waals surface area contributed by atoms with E-state index in [1.54, 1.807) is 6.08 Å². The smallest absolute Gasteiger partial charge is 0.286 e. The molecule has 2 aromatic rings. The molecule has 0 saturated carbocycles. The number of benzene rings is 2. The van der Waals surface area contributed by atoms with Gasteiger partial charge in [0.1, 0.15) is 6.61 Å². The molecule has 2 aromatic carbocycles. The number of amides is 2. The molecule has 0 atom stereocenters. The molecule has 0 spiro atoms. The number of rotatable bonds is 6. The minimum absolute atomic E-state index is 0.272.